The molecule has 0 aliphatic carbocycles. The summed E-state index contributed by atoms with van der Waals surface area (Å²) in [7, 11) is -3.53. The number of carbonyl (C=O) groups excluding carboxylic acids is 2. The molecule has 1 aromatic carbocycles. The molecule has 0 amide bonds. The fourth-order valence-electron chi connectivity index (χ4n) is 2.68. The van der Waals surface area contributed by atoms with E-state index in [-0.39, 0.29) is 16.2 Å². The van der Waals surface area contributed by atoms with Crippen LogP contribution in [0.15, 0.2) is 41.6 Å². The second-order valence-electron chi connectivity index (χ2n) is 6.18. The van der Waals surface area contributed by atoms with Crippen LogP contribution in [0.1, 0.15) is 39.4 Å². The summed E-state index contributed by atoms with van der Waals surface area (Å²) in [6.45, 7) is 2.30. The van der Waals surface area contributed by atoms with Crippen molar-refractivity contribution in [3.05, 3.63) is 53.6 Å². The Balaban J connectivity index is 1.62. The average Bonchev–Trinajstić information content (AvgIpc) is 3.22. The minimum atomic E-state index is -3.53. The van der Waals surface area contributed by atoms with Crippen LogP contribution in [-0.2, 0) is 14.8 Å². The van der Waals surface area contributed by atoms with E-state index in [2.05, 4.69) is 9.97 Å². The Hall–Kier alpha value is -2.65. The molecule has 0 spiro atoms. The first kappa shape index (κ1) is 19.1. The number of aryl methyl sites for hydroxylation is 1. The van der Waals surface area contributed by atoms with E-state index < -0.39 is 28.4 Å². The van der Waals surface area contributed by atoms with Gasteiger partial charge in [0.2, 0.25) is 10.0 Å². The van der Waals surface area contributed by atoms with Crippen LogP contribution in [0, 0.1) is 6.92 Å². The van der Waals surface area contributed by atoms with Crippen molar-refractivity contribution in [1.82, 2.24) is 14.3 Å². The summed E-state index contributed by atoms with van der Waals surface area (Å²) in [5.41, 5.74) is 0.935. The van der Waals surface area contributed by atoms with Crippen molar-refractivity contribution in [3.63, 3.8) is 0 Å². The minimum Gasteiger partial charge on any atom is -0.453 e. The maximum Gasteiger partial charge on any atom is 0.358 e. The predicted molar refractivity (Wildman–Crippen MR) is 95.8 cm³/mol. The van der Waals surface area contributed by atoms with Crippen molar-refractivity contribution in [2.75, 3.05) is 19.7 Å². The summed E-state index contributed by atoms with van der Waals surface area (Å²) < 4.78 is 31.3. The van der Waals surface area contributed by atoms with E-state index in [9.17, 15) is 18.0 Å². The minimum absolute atomic E-state index is 0.0143. The van der Waals surface area contributed by atoms with Crippen molar-refractivity contribution in [3.8, 4) is 0 Å². The number of hydrogen-bond acceptors (Lipinski definition) is 7. The Labute approximate surface area is 157 Å². The van der Waals surface area contributed by atoms with Gasteiger partial charge in [0.05, 0.1) is 16.8 Å². The molecule has 0 radical (unpaired) electrons. The highest BCUT2D eigenvalue weighted by Crippen LogP contribution is 2.21. The number of aromatic nitrogens is 2. The van der Waals surface area contributed by atoms with E-state index in [1.807, 2.05) is 0 Å². The molecule has 0 saturated carbocycles. The Morgan fingerprint density at radius 3 is 2.33 bits per heavy atom. The smallest absolute Gasteiger partial charge is 0.358 e. The van der Waals surface area contributed by atoms with Gasteiger partial charge in [0.1, 0.15) is 0 Å². The Bertz CT molecular complexity index is 934. The molecule has 9 heteroatoms. The van der Waals surface area contributed by atoms with E-state index in [4.69, 9.17) is 4.74 Å². The Morgan fingerprint density at radius 1 is 1.07 bits per heavy atom. The number of Topliss-reactive ketones (excluding diaryl/α,β-unsaturated/α-hetero) is 1. The third kappa shape index (κ3) is 4.37. The summed E-state index contributed by atoms with van der Waals surface area (Å²) in [6.07, 6.45) is 4.41. The van der Waals surface area contributed by atoms with Crippen molar-refractivity contribution in [1.29, 1.82) is 0 Å². The largest absolute Gasteiger partial charge is 0.453 e. The quantitative estimate of drug-likeness (QED) is 0.546. The molecule has 0 N–H and O–H groups in total. The zero-order valence-corrected chi connectivity index (χ0v) is 15.6. The number of ether oxygens (including phenoxy) is 1. The molecule has 1 aliphatic rings. The van der Waals surface area contributed by atoms with Gasteiger partial charge < -0.3 is 4.74 Å². The predicted octanol–water partition coefficient (Wildman–Crippen LogP) is 1.61. The van der Waals surface area contributed by atoms with Crippen LogP contribution in [0.2, 0.25) is 0 Å². The highest BCUT2D eigenvalue weighted by atomic mass is 32.2. The number of benzene rings is 1. The number of nitrogens with zero attached hydrogens (tertiary/aromatic N) is 3. The highest BCUT2D eigenvalue weighted by Gasteiger charge is 2.27. The average molecular weight is 389 g/mol. The normalized spacial score (nSPS) is 14.9. The second kappa shape index (κ2) is 7.93. The summed E-state index contributed by atoms with van der Waals surface area (Å²) in [5, 5.41) is 0. The molecule has 142 valence electrons. The number of carbonyl (C=O) groups is 2. The Morgan fingerprint density at radius 2 is 1.74 bits per heavy atom. The lowest BCUT2D eigenvalue weighted by atomic mass is 10.1. The zero-order chi connectivity index (χ0) is 19.4. The standard InChI is InChI=1S/C18H19N3O5S/c1-13-10-20-16(11-19-13)18(23)26-12-17(22)14-4-6-15(7-5-14)27(24,25)21-8-2-3-9-21/h4-7,10-11H,2-3,8-9,12H2,1H3. The van der Waals surface area contributed by atoms with Gasteiger partial charge in [0, 0.05) is 24.8 Å². The maximum atomic E-state index is 12.5. The van der Waals surface area contributed by atoms with E-state index in [0.717, 1.165) is 12.8 Å². The molecular weight excluding hydrogens is 370 g/mol. The molecular formula is C18H19N3O5S. The topological polar surface area (TPSA) is 107 Å². The molecule has 2 heterocycles. The molecule has 8 nitrogen and oxygen atoms in total. The van der Waals surface area contributed by atoms with Gasteiger partial charge in [0.25, 0.3) is 0 Å². The molecule has 2 aromatic rings. The molecule has 0 unspecified atom stereocenters. The summed E-state index contributed by atoms with van der Waals surface area (Å²) in [5.74, 6) is -1.18. The van der Waals surface area contributed by atoms with Crippen molar-refractivity contribution < 1.29 is 22.7 Å². The molecule has 27 heavy (non-hydrogen) atoms. The first-order chi connectivity index (χ1) is 12.9. The summed E-state index contributed by atoms with van der Waals surface area (Å²) in [6, 6.07) is 5.64. The van der Waals surface area contributed by atoms with E-state index >= 15 is 0 Å². The summed E-state index contributed by atoms with van der Waals surface area (Å²) >= 11 is 0. The fraction of sp³-hybridized carbons (Fsp3) is 0.333. The van der Waals surface area contributed by atoms with Gasteiger partial charge >= 0.3 is 5.97 Å². The van der Waals surface area contributed by atoms with Crippen LogP contribution >= 0.6 is 0 Å². The van der Waals surface area contributed by atoms with Crippen molar-refractivity contribution in [2.45, 2.75) is 24.7 Å². The van der Waals surface area contributed by atoms with Crippen molar-refractivity contribution >= 4 is 21.8 Å². The molecule has 1 aliphatic heterocycles. The monoisotopic (exact) mass is 389 g/mol. The van der Waals surface area contributed by atoms with E-state index in [1.165, 1.54) is 41.0 Å². The zero-order valence-electron chi connectivity index (χ0n) is 14.8. The molecule has 0 bridgehead atoms. The maximum absolute atomic E-state index is 12.5. The molecule has 3 rings (SSSR count). The van der Waals surface area contributed by atoms with E-state index in [0.29, 0.717) is 18.8 Å². The van der Waals surface area contributed by atoms with Crippen LogP contribution in [0.25, 0.3) is 0 Å². The Kier molecular flexibility index (Phi) is 5.62. The molecule has 1 aromatic heterocycles. The van der Waals surface area contributed by atoms with Gasteiger partial charge in [-0.15, -0.1) is 0 Å². The third-order valence-electron chi connectivity index (χ3n) is 4.20. The lowest BCUT2D eigenvalue weighted by Gasteiger charge is -2.15. The van der Waals surface area contributed by atoms with Crippen LogP contribution in [0.4, 0.5) is 0 Å². The lowest BCUT2D eigenvalue weighted by molar-refractivity contribution is 0.0468. The summed E-state index contributed by atoms with van der Waals surface area (Å²) in [4.78, 5) is 32.0. The molecule has 1 saturated heterocycles. The van der Waals surface area contributed by atoms with Gasteiger partial charge in [0.15, 0.2) is 18.1 Å². The SMILES string of the molecule is Cc1cnc(C(=O)OCC(=O)c2ccc(S(=O)(=O)N3CCCC3)cc2)cn1. The van der Waals surface area contributed by atoms with Crippen LogP contribution in [-0.4, -0.2) is 54.1 Å². The van der Waals surface area contributed by atoms with Crippen LogP contribution in [0.3, 0.4) is 0 Å². The van der Waals surface area contributed by atoms with Crippen LogP contribution in [0.5, 0.6) is 0 Å². The van der Waals surface area contributed by atoms with Gasteiger partial charge in [-0.05, 0) is 44.0 Å². The number of esters is 1. The van der Waals surface area contributed by atoms with Gasteiger partial charge in [-0.2, -0.15) is 4.31 Å². The van der Waals surface area contributed by atoms with Gasteiger partial charge in [-0.3, -0.25) is 9.78 Å². The first-order valence-corrected chi connectivity index (χ1v) is 9.91. The fourth-order valence-corrected chi connectivity index (χ4v) is 4.19. The van der Waals surface area contributed by atoms with Crippen molar-refractivity contribution in [2.24, 2.45) is 0 Å². The van der Waals surface area contributed by atoms with Gasteiger partial charge in [-0.25, -0.2) is 18.2 Å². The number of ketones is 1. The number of rotatable bonds is 6. The van der Waals surface area contributed by atoms with Gasteiger partial charge in [-0.1, -0.05) is 0 Å². The number of hydrogen-bond donors (Lipinski definition) is 0. The van der Waals surface area contributed by atoms with Crippen LogP contribution < -0.4 is 0 Å². The highest BCUT2D eigenvalue weighted by molar-refractivity contribution is 7.89. The number of sulfonamides is 1. The molecule has 0 atom stereocenters. The van der Waals surface area contributed by atoms with E-state index in [1.54, 1.807) is 6.92 Å². The third-order valence-corrected chi connectivity index (χ3v) is 6.12. The molecule has 1 fully saturated rings. The second-order valence-corrected chi connectivity index (χ2v) is 8.12. The lowest BCUT2D eigenvalue weighted by Crippen LogP contribution is -2.27. The first-order valence-electron chi connectivity index (χ1n) is 8.47.